The minimum Gasteiger partial charge on any atom is -0.490 e. The quantitative estimate of drug-likeness (QED) is 0.250. The number of methoxy groups -OCH3 is 1. The number of nitrogens with zero attached hydrogens (tertiary/aromatic N) is 2. The van der Waals surface area contributed by atoms with Gasteiger partial charge in [-0.15, -0.1) is 0 Å². The molecule has 0 aliphatic heterocycles. The molecule has 0 fully saturated rings. The largest absolute Gasteiger partial charge is 0.490 e. The molecule has 0 aliphatic carbocycles. The molecule has 172 valence electrons. The number of hydrazone groups is 1. The second kappa shape index (κ2) is 11.8. The highest BCUT2D eigenvalue weighted by Crippen LogP contribution is 2.33. The number of halogens is 1. The molecule has 10 heteroatoms. The number of rotatable bonds is 10. The Morgan fingerprint density at radius 3 is 2.61 bits per heavy atom. The molecule has 1 aromatic heterocycles. The molecule has 3 aromatic rings. The Kier molecular flexibility index (Phi) is 8.59. The monoisotopic (exact) mass is 515 g/mol. The Hall–Kier alpha value is -3.66. The van der Waals surface area contributed by atoms with Crippen molar-refractivity contribution in [3.05, 3.63) is 58.7 Å². The van der Waals surface area contributed by atoms with Crippen LogP contribution in [0.25, 0.3) is 10.9 Å². The lowest BCUT2D eigenvalue weighted by Gasteiger charge is -2.13. The number of hydrogen-bond donors (Lipinski definition) is 1. The maximum Gasteiger partial charge on any atom is 0.343 e. The number of fused-ring (bicyclic) bond motifs is 1. The van der Waals surface area contributed by atoms with E-state index < -0.39 is 11.9 Å². The van der Waals surface area contributed by atoms with Crippen LogP contribution in [0.2, 0.25) is 0 Å². The number of pyridine rings is 1. The van der Waals surface area contributed by atoms with Crippen molar-refractivity contribution in [3.63, 3.8) is 0 Å². The number of carbonyl (C=O) groups excluding carboxylic acids is 2. The summed E-state index contributed by atoms with van der Waals surface area (Å²) in [5.41, 5.74) is 3.73. The second-order valence-electron chi connectivity index (χ2n) is 6.53. The number of hydrogen-bond acceptors (Lipinski definition) is 8. The van der Waals surface area contributed by atoms with Crippen LogP contribution in [0.5, 0.6) is 17.2 Å². The summed E-state index contributed by atoms with van der Waals surface area (Å²) in [6.07, 6.45) is 3.12. The summed E-state index contributed by atoms with van der Waals surface area (Å²) >= 11 is 3.42. The maximum atomic E-state index is 12.2. The minimum absolute atomic E-state index is 0.224. The summed E-state index contributed by atoms with van der Waals surface area (Å²) in [4.78, 5) is 27.8. The van der Waals surface area contributed by atoms with Crippen molar-refractivity contribution >= 4 is 44.9 Å². The van der Waals surface area contributed by atoms with E-state index in [0.29, 0.717) is 39.4 Å². The molecule has 1 N–H and O–H groups in total. The standard InChI is InChI=1S/C23H22BrN3O6/c1-3-31-19-10-16(17(24)11-20(19)33-14-22(29)30-2)12-26-27-21(28)13-32-18-8-4-6-15-7-5-9-25-23(15)18/h4-12H,3,13-14H2,1-2H3,(H,27,28)/b26-12+. The van der Waals surface area contributed by atoms with Gasteiger partial charge in [-0.2, -0.15) is 5.10 Å². The number of benzene rings is 2. The van der Waals surface area contributed by atoms with Crippen molar-refractivity contribution in [1.29, 1.82) is 0 Å². The third-order valence-electron chi connectivity index (χ3n) is 4.28. The molecule has 1 heterocycles. The highest BCUT2D eigenvalue weighted by Gasteiger charge is 2.12. The van der Waals surface area contributed by atoms with Gasteiger partial charge in [-0.05, 0) is 47.1 Å². The molecule has 2 aromatic carbocycles. The molecule has 0 saturated heterocycles. The fourth-order valence-corrected chi connectivity index (χ4v) is 3.19. The Morgan fingerprint density at radius 1 is 1.06 bits per heavy atom. The van der Waals surface area contributed by atoms with Crippen LogP contribution in [-0.4, -0.2) is 50.0 Å². The van der Waals surface area contributed by atoms with E-state index in [2.05, 4.69) is 36.2 Å². The first-order chi connectivity index (χ1) is 16.0. The molecule has 9 nitrogen and oxygen atoms in total. The first-order valence-corrected chi connectivity index (χ1v) is 10.8. The first-order valence-electron chi connectivity index (χ1n) is 9.96. The van der Waals surface area contributed by atoms with E-state index >= 15 is 0 Å². The van der Waals surface area contributed by atoms with E-state index in [1.165, 1.54) is 13.3 Å². The average Bonchev–Trinajstić information content (AvgIpc) is 2.83. The molecular weight excluding hydrogens is 494 g/mol. The summed E-state index contributed by atoms with van der Waals surface area (Å²) in [5, 5.41) is 4.89. The number of ether oxygens (including phenoxy) is 4. The van der Waals surface area contributed by atoms with Crippen LogP contribution < -0.4 is 19.6 Å². The van der Waals surface area contributed by atoms with E-state index in [0.717, 1.165) is 5.39 Å². The first kappa shape index (κ1) is 24.0. The van der Waals surface area contributed by atoms with Crippen molar-refractivity contribution < 1.29 is 28.5 Å². The number of para-hydroxylation sites is 1. The number of nitrogens with one attached hydrogen (secondary N) is 1. The van der Waals surface area contributed by atoms with Crippen LogP contribution in [0.3, 0.4) is 0 Å². The Balaban J connectivity index is 1.62. The summed E-state index contributed by atoms with van der Waals surface area (Å²) < 4.78 is 21.8. The van der Waals surface area contributed by atoms with Gasteiger partial charge in [0.05, 0.1) is 19.9 Å². The van der Waals surface area contributed by atoms with Crippen molar-refractivity contribution in [2.24, 2.45) is 5.10 Å². The lowest BCUT2D eigenvalue weighted by molar-refractivity contribution is -0.142. The van der Waals surface area contributed by atoms with Crippen molar-refractivity contribution in [2.45, 2.75) is 6.92 Å². The normalized spacial score (nSPS) is 10.8. The Morgan fingerprint density at radius 2 is 1.82 bits per heavy atom. The summed E-state index contributed by atoms with van der Waals surface area (Å²) in [5.74, 6) is 0.359. The second-order valence-corrected chi connectivity index (χ2v) is 7.39. The van der Waals surface area contributed by atoms with Gasteiger partial charge in [0.1, 0.15) is 11.3 Å². The molecule has 0 atom stereocenters. The third kappa shape index (κ3) is 6.66. The molecule has 0 aliphatic rings. The lowest BCUT2D eigenvalue weighted by atomic mass is 10.2. The zero-order valence-electron chi connectivity index (χ0n) is 18.0. The zero-order valence-corrected chi connectivity index (χ0v) is 19.6. The number of esters is 1. The van der Waals surface area contributed by atoms with Crippen LogP contribution in [-0.2, 0) is 14.3 Å². The predicted octanol–water partition coefficient (Wildman–Crippen LogP) is 3.48. The summed E-state index contributed by atoms with van der Waals surface area (Å²) in [6, 6.07) is 12.6. The van der Waals surface area contributed by atoms with Crippen LogP contribution in [0.15, 0.2) is 58.2 Å². The van der Waals surface area contributed by atoms with Crippen molar-refractivity contribution in [1.82, 2.24) is 10.4 Å². The van der Waals surface area contributed by atoms with Crippen molar-refractivity contribution in [3.8, 4) is 17.2 Å². The highest BCUT2D eigenvalue weighted by molar-refractivity contribution is 9.10. The Bertz CT molecular complexity index is 1160. The van der Waals surface area contributed by atoms with Crippen molar-refractivity contribution in [2.75, 3.05) is 26.9 Å². The van der Waals surface area contributed by atoms with Gasteiger partial charge in [0, 0.05) is 21.6 Å². The van der Waals surface area contributed by atoms with Crippen LogP contribution >= 0.6 is 15.9 Å². The number of carbonyl (C=O) groups is 2. The van der Waals surface area contributed by atoms with Gasteiger partial charge in [0.25, 0.3) is 5.91 Å². The van der Waals surface area contributed by atoms with E-state index in [-0.39, 0.29) is 13.2 Å². The van der Waals surface area contributed by atoms with Gasteiger partial charge in [-0.1, -0.05) is 18.2 Å². The van der Waals surface area contributed by atoms with Crippen LogP contribution in [0, 0.1) is 0 Å². The summed E-state index contributed by atoms with van der Waals surface area (Å²) in [7, 11) is 1.28. The number of aromatic nitrogens is 1. The predicted molar refractivity (Wildman–Crippen MR) is 126 cm³/mol. The lowest BCUT2D eigenvalue weighted by Crippen LogP contribution is -2.24. The molecular formula is C23H22BrN3O6. The van der Waals surface area contributed by atoms with Gasteiger partial charge in [0.2, 0.25) is 0 Å². The van der Waals surface area contributed by atoms with Gasteiger partial charge >= 0.3 is 5.97 Å². The molecule has 0 unspecified atom stereocenters. The van der Waals surface area contributed by atoms with E-state index in [4.69, 9.17) is 14.2 Å². The fraction of sp³-hybridized carbons (Fsp3) is 0.217. The minimum atomic E-state index is -0.511. The highest BCUT2D eigenvalue weighted by atomic mass is 79.9. The number of amides is 1. The third-order valence-corrected chi connectivity index (χ3v) is 4.97. The Labute approximate surface area is 198 Å². The van der Waals surface area contributed by atoms with Gasteiger partial charge < -0.3 is 18.9 Å². The van der Waals surface area contributed by atoms with Crippen LogP contribution in [0.1, 0.15) is 12.5 Å². The van der Waals surface area contributed by atoms with E-state index in [1.54, 1.807) is 24.4 Å². The van der Waals surface area contributed by atoms with E-state index in [9.17, 15) is 9.59 Å². The van der Waals surface area contributed by atoms with Gasteiger partial charge in [-0.3, -0.25) is 9.78 Å². The zero-order chi connectivity index (χ0) is 23.6. The smallest absolute Gasteiger partial charge is 0.343 e. The molecule has 3 rings (SSSR count). The maximum absolute atomic E-state index is 12.2. The average molecular weight is 516 g/mol. The molecule has 1 amide bonds. The molecule has 0 spiro atoms. The molecule has 0 saturated carbocycles. The fourth-order valence-electron chi connectivity index (χ4n) is 2.77. The van der Waals surface area contributed by atoms with Crippen LogP contribution in [0.4, 0.5) is 0 Å². The SMILES string of the molecule is CCOc1cc(/C=N/NC(=O)COc2cccc3cccnc23)c(Br)cc1OCC(=O)OC. The molecule has 33 heavy (non-hydrogen) atoms. The molecule has 0 bridgehead atoms. The van der Waals surface area contributed by atoms with Gasteiger partial charge in [0.15, 0.2) is 24.7 Å². The van der Waals surface area contributed by atoms with Gasteiger partial charge in [-0.25, -0.2) is 10.2 Å². The topological polar surface area (TPSA) is 108 Å². The van der Waals surface area contributed by atoms with E-state index in [1.807, 2.05) is 31.2 Å². The molecule has 0 radical (unpaired) electrons. The summed E-state index contributed by atoms with van der Waals surface area (Å²) in [6.45, 7) is 1.74.